The van der Waals surface area contributed by atoms with E-state index in [4.69, 9.17) is 0 Å². The van der Waals surface area contributed by atoms with E-state index in [2.05, 4.69) is 19.9 Å². The largest absolute Gasteiger partial charge is 0.258 e. The van der Waals surface area contributed by atoms with Crippen molar-refractivity contribution in [3.8, 4) is 22.6 Å². The van der Waals surface area contributed by atoms with Crippen molar-refractivity contribution in [1.29, 1.82) is 0 Å². The van der Waals surface area contributed by atoms with Crippen molar-refractivity contribution in [1.82, 2.24) is 19.9 Å². The molecule has 0 radical (unpaired) electrons. The van der Waals surface area contributed by atoms with Crippen molar-refractivity contribution in [2.45, 2.75) is 6.92 Å². The van der Waals surface area contributed by atoms with E-state index in [9.17, 15) is 0 Å². The number of benzene rings is 1. The molecule has 3 aromatic rings. The third-order valence-electron chi connectivity index (χ3n) is 2.77. The summed E-state index contributed by atoms with van der Waals surface area (Å²) in [5.74, 6) is 0.590. The van der Waals surface area contributed by atoms with Crippen LogP contribution in [0, 0.1) is 6.92 Å². The van der Waals surface area contributed by atoms with Crippen molar-refractivity contribution in [3.05, 3.63) is 60.8 Å². The molecule has 0 N–H and O–H groups in total. The number of hydrogen-bond donors (Lipinski definition) is 0. The summed E-state index contributed by atoms with van der Waals surface area (Å²) in [6, 6.07) is 10.0. The molecule has 19 heavy (non-hydrogen) atoms. The van der Waals surface area contributed by atoms with Crippen LogP contribution in [0.25, 0.3) is 22.6 Å². The highest BCUT2D eigenvalue weighted by atomic mass is 14.9. The average molecular weight is 248 g/mol. The number of nitrogens with zero attached hydrogens (tertiary/aromatic N) is 4. The molecule has 2 aromatic heterocycles. The second kappa shape index (κ2) is 4.94. The molecule has 0 aliphatic heterocycles. The molecule has 3 rings (SSSR count). The number of hydrogen-bond acceptors (Lipinski definition) is 4. The average Bonchev–Trinajstić information content (AvgIpc) is 2.49. The van der Waals surface area contributed by atoms with Gasteiger partial charge in [-0.15, -0.1) is 0 Å². The van der Waals surface area contributed by atoms with Crippen molar-refractivity contribution in [2.24, 2.45) is 0 Å². The fourth-order valence-corrected chi connectivity index (χ4v) is 1.75. The van der Waals surface area contributed by atoms with Crippen LogP contribution in [0.3, 0.4) is 0 Å². The summed E-state index contributed by atoms with van der Waals surface area (Å²) in [7, 11) is 0. The summed E-state index contributed by atoms with van der Waals surface area (Å²) < 4.78 is 0. The lowest BCUT2D eigenvalue weighted by atomic mass is 10.1. The fraction of sp³-hybridized carbons (Fsp3) is 0.0667. The predicted octanol–water partition coefficient (Wildman–Crippen LogP) is 2.91. The summed E-state index contributed by atoms with van der Waals surface area (Å²) >= 11 is 0. The fourth-order valence-electron chi connectivity index (χ4n) is 1.75. The molecule has 0 unspecified atom stereocenters. The molecular weight excluding hydrogens is 236 g/mol. The van der Waals surface area contributed by atoms with Gasteiger partial charge in [0.1, 0.15) is 5.69 Å². The van der Waals surface area contributed by atoms with Gasteiger partial charge in [0.15, 0.2) is 5.82 Å². The first-order valence-electron chi connectivity index (χ1n) is 5.99. The Hall–Kier alpha value is -2.62. The van der Waals surface area contributed by atoms with Gasteiger partial charge in [0, 0.05) is 24.2 Å². The first-order valence-corrected chi connectivity index (χ1v) is 5.99. The Kier molecular flexibility index (Phi) is 2.98. The molecule has 0 spiro atoms. The molecule has 0 saturated carbocycles. The quantitative estimate of drug-likeness (QED) is 0.699. The maximum atomic E-state index is 4.34. The molecule has 0 bridgehead atoms. The lowest BCUT2D eigenvalue weighted by Crippen LogP contribution is -1.94. The van der Waals surface area contributed by atoms with Crippen molar-refractivity contribution in [3.63, 3.8) is 0 Å². The van der Waals surface area contributed by atoms with E-state index in [1.54, 1.807) is 24.8 Å². The Morgan fingerprint density at radius 1 is 0.684 bits per heavy atom. The van der Waals surface area contributed by atoms with Crippen LogP contribution in [-0.2, 0) is 0 Å². The molecule has 0 amide bonds. The molecule has 2 heterocycles. The molecule has 0 aliphatic rings. The molecule has 1 aromatic carbocycles. The van der Waals surface area contributed by atoms with Gasteiger partial charge < -0.3 is 0 Å². The number of rotatable bonds is 2. The molecule has 4 nitrogen and oxygen atoms in total. The minimum absolute atomic E-state index is 0.590. The van der Waals surface area contributed by atoms with Gasteiger partial charge in [-0.1, -0.05) is 30.3 Å². The van der Waals surface area contributed by atoms with Gasteiger partial charge in [-0.3, -0.25) is 4.98 Å². The lowest BCUT2D eigenvalue weighted by Gasteiger charge is -2.02. The first kappa shape index (κ1) is 11.5. The van der Waals surface area contributed by atoms with Crippen LogP contribution in [0.4, 0.5) is 0 Å². The van der Waals surface area contributed by atoms with Crippen LogP contribution in [0.1, 0.15) is 5.69 Å². The number of aryl methyl sites for hydroxylation is 1. The van der Waals surface area contributed by atoms with Gasteiger partial charge in [0.05, 0.1) is 11.9 Å². The van der Waals surface area contributed by atoms with Crippen LogP contribution < -0.4 is 0 Å². The second-order valence-corrected chi connectivity index (χ2v) is 4.20. The van der Waals surface area contributed by atoms with E-state index in [-0.39, 0.29) is 0 Å². The zero-order chi connectivity index (χ0) is 13.1. The monoisotopic (exact) mass is 248 g/mol. The minimum atomic E-state index is 0.590. The number of aromatic nitrogens is 4. The second-order valence-electron chi connectivity index (χ2n) is 4.20. The van der Waals surface area contributed by atoms with Crippen LogP contribution in [0.5, 0.6) is 0 Å². The Balaban J connectivity index is 1.93. The van der Waals surface area contributed by atoms with Gasteiger partial charge in [-0.05, 0) is 12.5 Å². The predicted molar refractivity (Wildman–Crippen MR) is 73.2 cm³/mol. The van der Waals surface area contributed by atoms with E-state index < -0.39 is 0 Å². The molecule has 0 atom stereocenters. The molecule has 0 saturated heterocycles. The summed E-state index contributed by atoms with van der Waals surface area (Å²) in [5, 5.41) is 0. The van der Waals surface area contributed by atoms with Crippen LogP contribution >= 0.6 is 0 Å². The zero-order valence-electron chi connectivity index (χ0n) is 10.5. The van der Waals surface area contributed by atoms with E-state index in [1.165, 1.54) is 0 Å². The highest BCUT2D eigenvalue weighted by Crippen LogP contribution is 2.18. The van der Waals surface area contributed by atoms with E-state index in [1.807, 2.05) is 37.3 Å². The summed E-state index contributed by atoms with van der Waals surface area (Å²) in [4.78, 5) is 17.1. The maximum Gasteiger partial charge on any atom is 0.179 e. The summed E-state index contributed by atoms with van der Waals surface area (Å²) in [6.07, 6.45) is 7.01. The maximum absolute atomic E-state index is 4.34. The standard InChI is InChI=1S/C15H12N4/c1-11-7-17-14(10-16-11)15-18-8-13(9-19-15)12-5-3-2-4-6-12/h2-10H,1H3. The summed E-state index contributed by atoms with van der Waals surface area (Å²) in [5.41, 5.74) is 3.66. The smallest absolute Gasteiger partial charge is 0.179 e. The van der Waals surface area contributed by atoms with E-state index in [0.29, 0.717) is 11.5 Å². The Bertz CT molecular complexity index is 661. The topological polar surface area (TPSA) is 51.6 Å². The van der Waals surface area contributed by atoms with Crippen molar-refractivity contribution < 1.29 is 0 Å². The minimum Gasteiger partial charge on any atom is -0.258 e. The zero-order valence-corrected chi connectivity index (χ0v) is 10.5. The summed E-state index contributed by atoms with van der Waals surface area (Å²) in [6.45, 7) is 1.90. The third-order valence-corrected chi connectivity index (χ3v) is 2.77. The SMILES string of the molecule is Cc1cnc(-c2ncc(-c3ccccc3)cn2)cn1. The van der Waals surface area contributed by atoms with Crippen LogP contribution in [0.2, 0.25) is 0 Å². The third kappa shape index (κ3) is 2.47. The molecule has 92 valence electrons. The van der Waals surface area contributed by atoms with Crippen LogP contribution in [0.15, 0.2) is 55.1 Å². The van der Waals surface area contributed by atoms with Crippen molar-refractivity contribution in [2.75, 3.05) is 0 Å². The highest BCUT2D eigenvalue weighted by molar-refractivity contribution is 5.62. The van der Waals surface area contributed by atoms with E-state index in [0.717, 1.165) is 16.8 Å². The first-order chi connectivity index (χ1) is 9.33. The Labute approximate surface area is 111 Å². The molecular formula is C15H12N4. The van der Waals surface area contributed by atoms with Gasteiger partial charge in [0.25, 0.3) is 0 Å². The molecule has 0 fully saturated rings. The Morgan fingerprint density at radius 2 is 1.42 bits per heavy atom. The van der Waals surface area contributed by atoms with Gasteiger partial charge in [-0.25, -0.2) is 15.0 Å². The van der Waals surface area contributed by atoms with Gasteiger partial charge in [0.2, 0.25) is 0 Å². The van der Waals surface area contributed by atoms with Crippen molar-refractivity contribution >= 4 is 0 Å². The van der Waals surface area contributed by atoms with Crippen LogP contribution in [-0.4, -0.2) is 19.9 Å². The van der Waals surface area contributed by atoms with Gasteiger partial charge >= 0.3 is 0 Å². The van der Waals surface area contributed by atoms with Gasteiger partial charge in [-0.2, -0.15) is 0 Å². The van der Waals surface area contributed by atoms with E-state index >= 15 is 0 Å². The Morgan fingerprint density at radius 3 is 2.05 bits per heavy atom. The molecule has 4 heteroatoms. The normalized spacial score (nSPS) is 10.4. The lowest BCUT2D eigenvalue weighted by molar-refractivity contribution is 1.08. The molecule has 0 aliphatic carbocycles. The highest BCUT2D eigenvalue weighted by Gasteiger charge is 2.04.